The van der Waals surface area contributed by atoms with E-state index in [4.69, 9.17) is 0 Å². The fourth-order valence-electron chi connectivity index (χ4n) is 2.79. The monoisotopic (exact) mass is 375 g/mol. The summed E-state index contributed by atoms with van der Waals surface area (Å²) in [6.45, 7) is 3.80. The number of hydrogen-bond donors (Lipinski definition) is 2. The van der Waals surface area contributed by atoms with Crippen molar-refractivity contribution in [3.63, 3.8) is 0 Å². The minimum Gasteiger partial charge on any atom is -0.392 e. The van der Waals surface area contributed by atoms with Crippen molar-refractivity contribution in [1.82, 2.24) is 0 Å². The zero-order valence-corrected chi connectivity index (χ0v) is 15.8. The molecule has 2 rings (SSSR count). The van der Waals surface area contributed by atoms with E-state index >= 15 is 0 Å². The van der Waals surface area contributed by atoms with Crippen molar-refractivity contribution in [2.75, 3.05) is 5.32 Å². The number of aliphatic hydroxyl groups is 1. The van der Waals surface area contributed by atoms with E-state index in [9.17, 15) is 18.3 Å². The molecule has 0 aromatic heterocycles. The van der Waals surface area contributed by atoms with Crippen LogP contribution in [0.2, 0.25) is 0 Å². The lowest BCUT2D eigenvalue weighted by atomic mass is 10.0. The maximum Gasteiger partial charge on any atom is 0.225 e. The Balaban J connectivity index is 2.25. The molecule has 0 aliphatic heterocycles. The first kappa shape index (κ1) is 20.1. The second kappa shape index (κ2) is 8.96. The third kappa shape index (κ3) is 5.41. The predicted octanol–water partition coefficient (Wildman–Crippen LogP) is 3.26. The molecule has 2 atom stereocenters. The highest BCUT2D eigenvalue weighted by molar-refractivity contribution is 7.92. The van der Waals surface area contributed by atoms with Crippen LogP contribution in [0.1, 0.15) is 26.7 Å². The van der Waals surface area contributed by atoms with Crippen molar-refractivity contribution in [1.29, 1.82) is 0 Å². The summed E-state index contributed by atoms with van der Waals surface area (Å²) in [5.74, 6) is -0.334. The number of nitrogens with one attached hydrogen (secondary N) is 1. The van der Waals surface area contributed by atoms with E-state index in [0.29, 0.717) is 12.1 Å². The standard InChI is InChI=1S/C20H25NO4S/c1-15(2)13-18(22)19(26(24,25)17-11-7-4-8-12-17)14-20(23)21-16-9-5-3-6-10-16/h3-12,15,18-19,22H,13-14H2,1-2H3,(H,21,23)/t18-,19-/m1/s1. The van der Waals surface area contributed by atoms with Gasteiger partial charge in [0.2, 0.25) is 5.91 Å². The van der Waals surface area contributed by atoms with Crippen LogP contribution in [0.3, 0.4) is 0 Å². The Morgan fingerprint density at radius 1 is 1.00 bits per heavy atom. The number of amides is 1. The smallest absolute Gasteiger partial charge is 0.225 e. The zero-order valence-electron chi connectivity index (χ0n) is 15.0. The molecule has 0 saturated carbocycles. The van der Waals surface area contributed by atoms with Crippen LogP contribution >= 0.6 is 0 Å². The third-order valence-electron chi connectivity index (χ3n) is 4.06. The van der Waals surface area contributed by atoms with E-state index in [0.717, 1.165) is 0 Å². The number of rotatable bonds is 8. The van der Waals surface area contributed by atoms with Crippen LogP contribution in [0, 0.1) is 5.92 Å². The summed E-state index contributed by atoms with van der Waals surface area (Å²) in [7, 11) is -3.84. The highest BCUT2D eigenvalue weighted by atomic mass is 32.2. The van der Waals surface area contributed by atoms with Crippen molar-refractivity contribution in [3.8, 4) is 0 Å². The van der Waals surface area contributed by atoms with E-state index in [1.165, 1.54) is 12.1 Å². The Morgan fingerprint density at radius 2 is 1.54 bits per heavy atom. The molecule has 0 aliphatic carbocycles. The van der Waals surface area contributed by atoms with Crippen molar-refractivity contribution in [2.24, 2.45) is 5.92 Å². The van der Waals surface area contributed by atoms with Gasteiger partial charge in [0.05, 0.1) is 11.0 Å². The topological polar surface area (TPSA) is 83.5 Å². The number of hydrogen-bond acceptors (Lipinski definition) is 4. The molecular weight excluding hydrogens is 350 g/mol. The zero-order chi connectivity index (χ0) is 19.2. The Labute approximate surface area is 155 Å². The van der Waals surface area contributed by atoms with Crippen LogP contribution in [0.25, 0.3) is 0 Å². The first-order valence-corrected chi connectivity index (χ1v) is 10.2. The number of carbonyl (C=O) groups excluding carboxylic acids is 1. The van der Waals surface area contributed by atoms with Crippen molar-refractivity contribution in [2.45, 2.75) is 42.9 Å². The highest BCUT2D eigenvalue weighted by Gasteiger charge is 2.35. The lowest BCUT2D eigenvalue weighted by molar-refractivity contribution is -0.116. The molecule has 5 nitrogen and oxygen atoms in total. The Morgan fingerprint density at radius 3 is 2.08 bits per heavy atom. The number of anilines is 1. The number of carbonyl (C=O) groups is 1. The van der Waals surface area contributed by atoms with Crippen LogP contribution in [0.4, 0.5) is 5.69 Å². The molecule has 0 fully saturated rings. The van der Waals surface area contributed by atoms with Gasteiger partial charge in [0.25, 0.3) is 0 Å². The first-order valence-electron chi connectivity index (χ1n) is 8.62. The van der Waals surface area contributed by atoms with E-state index in [1.807, 2.05) is 19.9 Å². The SMILES string of the molecule is CC(C)C[C@@H](O)[C@@H](CC(=O)Nc1ccccc1)S(=O)(=O)c1ccccc1. The van der Waals surface area contributed by atoms with Crippen LogP contribution in [0.15, 0.2) is 65.6 Å². The van der Waals surface area contributed by atoms with Crippen molar-refractivity contribution < 1.29 is 18.3 Å². The van der Waals surface area contributed by atoms with Gasteiger partial charge in [0.1, 0.15) is 5.25 Å². The molecule has 2 aromatic carbocycles. The summed E-state index contributed by atoms with van der Waals surface area (Å²) < 4.78 is 26.0. The van der Waals surface area contributed by atoms with Crippen LogP contribution < -0.4 is 5.32 Å². The summed E-state index contributed by atoms with van der Waals surface area (Å²) in [6.07, 6.45) is -1.13. The summed E-state index contributed by atoms with van der Waals surface area (Å²) in [5.41, 5.74) is 0.590. The molecule has 2 aromatic rings. The molecule has 26 heavy (non-hydrogen) atoms. The molecule has 2 N–H and O–H groups in total. The third-order valence-corrected chi connectivity index (χ3v) is 6.26. The minimum atomic E-state index is -3.84. The van der Waals surface area contributed by atoms with Gasteiger partial charge >= 0.3 is 0 Å². The maximum absolute atomic E-state index is 13.0. The van der Waals surface area contributed by atoms with Crippen molar-refractivity contribution >= 4 is 21.4 Å². The van der Waals surface area contributed by atoms with Gasteiger partial charge in [0.15, 0.2) is 9.84 Å². The van der Waals surface area contributed by atoms with Gasteiger partial charge in [-0.25, -0.2) is 8.42 Å². The molecule has 0 unspecified atom stereocenters. The van der Waals surface area contributed by atoms with Crippen LogP contribution in [0.5, 0.6) is 0 Å². The van der Waals surface area contributed by atoms with Gasteiger partial charge in [-0.2, -0.15) is 0 Å². The molecule has 0 heterocycles. The largest absolute Gasteiger partial charge is 0.392 e. The second-order valence-corrected chi connectivity index (χ2v) is 8.88. The summed E-state index contributed by atoms with van der Waals surface area (Å²) in [4.78, 5) is 12.5. The summed E-state index contributed by atoms with van der Waals surface area (Å²) in [6, 6.07) is 16.8. The molecule has 6 heteroatoms. The second-order valence-electron chi connectivity index (χ2n) is 6.71. The summed E-state index contributed by atoms with van der Waals surface area (Å²) >= 11 is 0. The molecule has 0 radical (unpaired) electrons. The minimum absolute atomic E-state index is 0.107. The maximum atomic E-state index is 13.0. The average molecular weight is 375 g/mol. The molecule has 0 aliphatic rings. The average Bonchev–Trinajstić information content (AvgIpc) is 2.60. The number of para-hydroxylation sites is 1. The molecule has 0 spiro atoms. The Hall–Kier alpha value is -2.18. The molecule has 0 saturated heterocycles. The lowest BCUT2D eigenvalue weighted by Crippen LogP contribution is -2.38. The van der Waals surface area contributed by atoms with Gasteiger partial charge in [-0.1, -0.05) is 50.2 Å². The normalized spacial score (nSPS) is 14.0. The fraction of sp³-hybridized carbons (Fsp3) is 0.350. The molecular formula is C20H25NO4S. The number of aliphatic hydroxyl groups excluding tert-OH is 1. The Kier molecular flexibility index (Phi) is 6.94. The van der Waals surface area contributed by atoms with Gasteiger partial charge in [-0.15, -0.1) is 0 Å². The first-order chi connectivity index (χ1) is 12.3. The molecule has 0 bridgehead atoms. The lowest BCUT2D eigenvalue weighted by Gasteiger charge is -2.24. The van der Waals surface area contributed by atoms with Gasteiger partial charge in [0, 0.05) is 12.1 Å². The van der Waals surface area contributed by atoms with E-state index in [1.54, 1.807) is 42.5 Å². The van der Waals surface area contributed by atoms with E-state index in [2.05, 4.69) is 5.32 Å². The summed E-state index contributed by atoms with van der Waals surface area (Å²) in [5, 5.41) is 12.0. The fourth-order valence-corrected chi connectivity index (χ4v) is 4.57. The van der Waals surface area contributed by atoms with Crippen LogP contribution in [-0.4, -0.2) is 30.8 Å². The molecule has 1 amide bonds. The molecule has 140 valence electrons. The van der Waals surface area contributed by atoms with Gasteiger partial charge in [-0.05, 0) is 36.6 Å². The van der Waals surface area contributed by atoms with E-state index in [-0.39, 0.29) is 17.2 Å². The number of sulfone groups is 1. The van der Waals surface area contributed by atoms with Gasteiger partial charge < -0.3 is 10.4 Å². The van der Waals surface area contributed by atoms with E-state index < -0.39 is 27.1 Å². The van der Waals surface area contributed by atoms with Gasteiger partial charge in [-0.3, -0.25) is 4.79 Å². The quantitative estimate of drug-likeness (QED) is 0.742. The van der Waals surface area contributed by atoms with Crippen molar-refractivity contribution in [3.05, 3.63) is 60.7 Å². The predicted molar refractivity (Wildman–Crippen MR) is 103 cm³/mol. The van der Waals surface area contributed by atoms with Crippen LogP contribution in [-0.2, 0) is 14.6 Å². The highest BCUT2D eigenvalue weighted by Crippen LogP contribution is 2.24. The number of benzene rings is 2. The Bertz CT molecular complexity index is 804.